The van der Waals surface area contributed by atoms with Crippen molar-refractivity contribution in [1.82, 2.24) is 9.97 Å². The van der Waals surface area contributed by atoms with E-state index in [0.717, 1.165) is 0 Å². The van der Waals surface area contributed by atoms with Crippen molar-refractivity contribution in [3.8, 4) is 0 Å². The first kappa shape index (κ1) is 9.46. The third-order valence-corrected chi connectivity index (χ3v) is 1.48. The lowest BCUT2D eigenvalue weighted by atomic mass is 10.4. The molecule has 0 amide bonds. The smallest absolute Gasteiger partial charge is 0.326 e. The normalized spacial score (nSPS) is 9.62. The van der Waals surface area contributed by atoms with Gasteiger partial charge in [-0.1, -0.05) is 0 Å². The zero-order valence-electron chi connectivity index (χ0n) is 6.80. The van der Waals surface area contributed by atoms with Crippen molar-refractivity contribution in [3.05, 3.63) is 26.5 Å². The van der Waals surface area contributed by atoms with Gasteiger partial charge in [-0.2, -0.15) is 0 Å². The van der Waals surface area contributed by atoms with Crippen LogP contribution in [0.15, 0.2) is 9.59 Å². The molecule has 0 spiro atoms. The van der Waals surface area contributed by atoms with Crippen molar-refractivity contribution in [2.75, 3.05) is 5.32 Å². The predicted octanol–water partition coefficient (Wildman–Crippen LogP) is -0.973. The molecule has 70 valence electrons. The van der Waals surface area contributed by atoms with Crippen molar-refractivity contribution < 1.29 is 0 Å². The zero-order valence-corrected chi connectivity index (χ0v) is 7.62. The molecular formula is C6H8N4O2S. The second kappa shape index (κ2) is 3.40. The van der Waals surface area contributed by atoms with Gasteiger partial charge in [0.1, 0.15) is 5.69 Å². The number of nitrogens with one attached hydrogen (secondary N) is 3. The van der Waals surface area contributed by atoms with Crippen LogP contribution >= 0.6 is 12.2 Å². The van der Waals surface area contributed by atoms with Crippen molar-refractivity contribution in [2.45, 2.75) is 6.92 Å². The maximum atomic E-state index is 11.1. The molecule has 13 heavy (non-hydrogen) atoms. The lowest BCUT2D eigenvalue weighted by Gasteiger charge is -2.04. The molecule has 0 bridgehead atoms. The minimum absolute atomic E-state index is 0.0272. The van der Waals surface area contributed by atoms with Crippen LogP contribution in [0.3, 0.4) is 0 Å². The summed E-state index contributed by atoms with van der Waals surface area (Å²) in [7, 11) is 0. The quantitative estimate of drug-likeness (QED) is 0.436. The molecule has 1 aromatic heterocycles. The fourth-order valence-electron chi connectivity index (χ4n) is 0.874. The van der Waals surface area contributed by atoms with Crippen molar-refractivity contribution in [1.29, 1.82) is 0 Å². The molecule has 6 nitrogen and oxygen atoms in total. The number of hydrogen-bond acceptors (Lipinski definition) is 3. The maximum Gasteiger partial charge on any atom is 0.326 e. The molecule has 0 unspecified atom stereocenters. The molecule has 0 aliphatic rings. The van der Waals surface area contributed by atoms with Gasteiger partial charge in [0.2, 0.25) is 0 Å². The summed E-state index contributed by atoms with van der Waals surface area (Å²) >= 11 is 4.55. The van der Waals surface area contributed by atoms with Crippen LogP contribution in [0.2, 0.25) is 0 Å². The maximum absolute atomic E-state index is 11.1. The predicted molar refractivity (Wildman–Crippen MR) is 52.8 cm³/mol. The third kappa shape index (κ3) is 2.15. The summed E-state index contributed by atoms with van der Waals surface area (Å²) in [6.07, 6.45) is 0. The van der Waals surface area contributed by atoms with Gasteiger partial charge < -0.3 is 16.0 Å². The second-order valence-electron chi connectivity index (χ2n) is 2.40. The van der Waals surface area contributed by atoms with E-state index in [1.54, 1.807) is 6.92 Å². The van der Waals surface area contributed by atoms with E-state index in [2.05, 4.69) is 22.5 Å². The average molecular weight is 200 g/mol. The zero-order chi connectivity index (χ0) is 10.0. The molecule has 1 rings (SSSR count). The van der Waals surface area contributed by atoms with E-state index in [-0.39, 0.29) is 10.8 Å². The monoisotopic (exact) mass is 200 g/mol. The van der Waals surface area contributed by atoms with E-state index in [1.165, 1.54) is 0 Å². The van der Waals surface area contributed by atoms with Crippen LogP contribution < -0.4 is 22.3 Å². The lowest BCUT2D eigenvalue weighted by molar-refractivity contribution is 1.000. The fraction of sp³-hybridized carbons (Fsp3) is 0.167. The summed E-state index contributed by atoms with van der Waals surface area (Å²) in [6, 6.07) is 0. The molecule has 7 heteroatoms. The summed E-state index contributed by atoms with van der Waals surface area (Å²) in [5, 5.41) is 2.44. The number of nitrogens with two attached hydrogens (primary N) is 1. The van der Waals surface area contributed by atoms with Crippen LogP contribution in [0.5, 0.6) is 0 Å². The Morgan fingerprint density at radius 1 is 1.46 bits per heavy atom. The number of anilines is 1. The largest absolute Gasteiger partial charge is 0.376 e. The van der Waals surface area contributed by atoms with E-state index in [1.807, 2.05) is 4.98 Å². The molecule has 0 aliphatic carbocycles. The van der Waals surface area contributed by atoms with Gasteiger partial charge in [0.05, 0.1) is 0 Å². The highest BCUT2D eigenvalue weighted by atomic mass is 32.1. The third-order valence-electron chi connectivity index (χ3n) is 1.38. The molecule has 1 heterocycles. The number of aryl methyl sites for hydroxylation is 1. The van der Waals surface area contributed by atoms with Crippen LogP contribution in [-0.4, -0.2) is 15.1 Å². The van der Waals surface area contributed by atoms with E-state index in [4.69, 9.17) is 5.73 Å². The number of hydrogen-bond donors (Lipinski definition) is 4. The van der Waals surface area contributed by atoms with Gasteiger partial charge in [-0.25, -0.2) is 4.79 Å². The number of aromatic nitrogens is 2. The Hall–Kier alpha value is -1.63. The van der Waals surface area contributed by atoms with E-state index < -0.39 is 11.2 Å². The molecule has 0 radical (unpaired) electrons. The summed E-state index contributed by atoms with van der Waals surface area (Å²) in [5.74, 6) is 0. The van der Waals surface area contributed by atoms with Crippen molar-refractivity contribution >= 4 is 23.0 Å². The van der Waals surface area contributed by atoms with Gasteiger partial charge in [0, 0.05) is 5.69 Å². The van der Waals surface area contributed by atoms with Gasteiger partial charge in [-0.05, 0) is 19.1 Å². The molecule has 0 saturated carbocycles. The molecule has 0 aromatic carbocycles. The molecule has 0 aliphatic heterocycles. The second-order valence-corrected chi connectivity index (χ2v) is 2.84. The molecule has 1 aromatic rings. The number of aromatic amines is 2. The number of thiocarbonyl (C=S) groups is 1. The molecule has 5 N–H and O–H groups in total. The van der Waals surface area contributed by atoms with Crippen molar-refractivity contribution in [3.63, 3.8) is 0 Å². The SMILES string of the molecule is Cc1[nH]c(=O)[nH]c(=O)c1NC(N)=S. The average Bonchev–Trinajstić information content (AvgIpc) is 1.96. The van der Waals surface area contributed by atoms with Crippen LogP contribution in [0, 0.1) is 6.92 Å². The van der Waals surface area contributed by atoms with Crippen LogP contribution in [0.25, 0.3) is 0 Å². The Bertz CT molecular complexity index is 447. The molecule has 0 atom stereocenters. The standard InChI is InChI=1S/C6H8N4O2S/c1-2-3(9-5(7)13)4(11)10-6(12)8-2/h1H3,(H3,7,9,13)(H2,8,10,11,12). The van der Waals surface area contributed by atoms with Gasteiger partial charge in [-0.15, -0.1) is 0 Å². The Morgan fingerprint density at radius 2 is 2.08 bits per heavy atom. The first-order valence-electron chi connectivity index (χ1n) is 3.40. The van der Waals surface area contributed by atoms with Gasteiger partial charge >= 0.3 is 5.69 Å². The highest BCUT2D eigenvalue weighted by Gasteiger charge is 2.04. The number of rotatable bonds is 1. The van der Waals surface area contributed by atoms with Crippen LogP contribution in [0.1, 0.15) is 5.69 Å². The minimum Gasteiger partial charge on any atom is -0.376 e. The highest BCUT2D eigenvalue weighted by molar-refractivity contribution is 7.80. The summed E-state index contributed by atoms with van der Waals surface area (Å²) in [4.78, 5) is 26.3. The summed E-state index contributed by atoms with van der Waals surface area (Å²) in [6.45, 7) is 1.57. The Labute approximate surface area is 78.2 Å². The Balaban J connectivity index is 3.29. The Kier molecular flexibility index (Phi) is 2.47. The highest BCUT2D eigenvalue weighted by Crippen LogP contribution is 2.00. The molecular weight excluding hydrogens is 192 g/mol. The van der Waals surface area contributed by atoms with Gasteiger partial charge in [-0.3, -0.25) is 9.78 Å². The summed E-state index contributed by atoms with van der Waals surface area (Å²) in [5.41, 5.74) is 4.62. The van der Waals surface area contributed by atoms with E-state index in [0.29, 0.717) is 5.69 Å². The van der Waals surface area contributed by atoms with Crippen LogP contribution in [0.4, 0.5) is 5.69 Å². The molecule has 0 saturated heterocycles. The topological polar surface area (TPSA) is 104 Å². The summed E-state index contributed by atoms with van der Waals surface area (Å²) < 4.78 is 0. The minimum atomic E-state index is -0.559. The van der Waals surface area contributed by atoms with Gasteiger partial charge in [0.25, 0.3) is 5.56 Å². The first-order valence-corrected chi connectivity index (χ1v) is 3.81. The fourth-order valence-corrected chi connectivity index (χ4v) is 0.976. The van der Waals surface area contributed by atoms with Gasteiger partial charge in [0.15, 0.2) is 5.11 Å². The van der Waals surface area contributed by atoms with Crippen molar-refractivity contribution in [2.24, 2.45) is 5.73 Å². The van der Waals surface area contributed by atoms with E-state index in [9.17, 15) is 9.59 Å². The van der Waals surface area contributed by atoms with E-state index >= 15 is 0 Å². The Morgan fingerprint density at radius 3 is 2.54 bits per heavy atom. The first-order chi connectivity index (χ1) is 6.00. The lowest BCUT2D eigenvalue weighted by Crippen LogP contribution is -2.30. The molecule has 0 fully saturated rings. The van der Waals surface area contributed by atoms with Crippen LogP contribution in [-0.2, 0) is 0 Å². The number of H-pyrrole nitrogens is 2.